The van der Waals surface area contributed by atoms with Gasteiger partial charge < -0.3 is 16.4 Å². The van der Waals surface area contributed by atoms with Gasteiger partial charge in [0.05, 0.1) is 29.2 Å². The van der Waals surface area contributed by atoms with Crippen molar-refractivity contribution in [3.63, 3.8) is 0 Å². The molecule has 2 rings (SSSR count). The smallest absolute Gasteiger partial charge is 0.239 e. The maximum Gasteiger partial charge on any atom is 0.239 e. The highest BCUT2D eigenvalue weighted by Crippen LogP contribution is 2.31. The number of nitrogens with zero attached hydrogens (tertiary/aromatic N) is 1. The molecular formula is C19H26ClFN4O2S. The quantitative estimate of drug-likeness (QED) is 0.631. The fourth-order valence-corrected chi connectivity index (χ4v) is 3.55. The molecule has 0 aliphatic carbocycles. The van der Waals surface area contributed by atoms with Gasteiger partial charge in [0.15, 0.2) is 0 Å². The second-order valence-corrected chi connectivity index (χ2v) is 7.78. The van der Waals surface area contributed by atoms with Crippen LogP contribution in [-0.2, 0) is 9.59 Å². The molecule has 1 unspecified atom stereocenters. The van der Waals surface area contributed by atoms with Gasteiger partial charge in [-0.1, -0.05) is 13.8 Å². The minimum absolute atomic E-state index is 0. The second-order valence-electron chi connectivity index (χ2n) is 6.75. The summed E-state index contributed by atoms with van der Waals surface area (Å²) in [7, 11) is 0. The lowest BCUT2D eigenvalue weighted by Gasteiger charge is -2.16. The number of amides is 2. The van der Waals surface area contributed by atoms with Gasteiger partial charge in [-0.25, -0.2) is 9.37 Å². The van der Waals surface area contributed by atoms with E-state index in [0.717, 1.165) is 21.1 Å². The zero-order chi connectivity index (χ0) is 20.1. The lowest BCUT2D eigenvalue weighted by atomic mass is 10.1. The monoisotopic (exact) mass is 428 g/mol. The number of halogens is 2. The van der Waals surface area contributed by atoms with E-state index in [0.29, 0.717) is 0 Å². The normalized spacial score (nSPS) is 12.8. The van der Waals surface area contributed by atoms with Crippen molar-refractivity contribution in [2.24, 2.45) is 11.7 Å². The number of carbonyl (C=O) groups excluding carboxylic acids is 2. The van der Waals surface area contributed by atoms with Gasteiger partial charge in [-0.15, -0.1) is 23.7 Å². The van der Waals surface area contributed by atoms with Gasteiger partial charge >= 0.3 is 0 Å². The number of hydrogen-bond donors (Lipinski definition) is 3. The number of aryl methyl sites for hydroxylation is 1. The minimum atomic E-state index is -0.641. The molecule has 0 saturated heterocycles. The Balaban J connectivity index is 0.00000392. The Labute approximate surface area is 174 Å². The molecular weight excluding hydrogens is 403 g/mol. The summed E-state index contributed by atoms with van der Waals surface area (Å²) in [5.74, 6) is -0.952. The molecule has 0 saturated carbocycles. The number of thiazole rings is 1. The Morgan fingerprint density at radius 2 is 1.82 bits per heavy atom. The third kappa shape index (κ3) is 6.25. The van der Waals surface area contributed by atoms with E-state index < -0.39 is 6.04 Å². The highest BCUT2D eigenvalue weighted by molar-refractivity contribution is 7.15. The molecule has 0 aliphatic rings. The molecule has 4 N–H and O–H groups in total. The number of aromatic nitrogens is 1. The molecule has 154 valence electrons. The summed E-state index contributed by atoms with van der Waals surface area (Å²) >= 11 is 1.45. The third-order valence-corrected chi connectivity index (χ3v) is 5.53. The average Bonchev–Trinajstić information content (AvgIpc) is 3.01. The number of rotatable bonds is 7. The van der Waals surface area contributed by atoms with Crippen LogP contribution in [0.5, 0.6) is 0 Å². The largest absolute Gasteiger partial charge is 0.347 e. The first kappa shape index (κ1) is 24.0. The molecule has 2 amide bonds. The maximum absolute atomic E-state index is 13.1. The number of carbonyl (C=O) groups is 2. The van der Waals surface area contributed by atoms with Crippen LogP contribution in [0, 0.1) is 18.7 Å². The van der Waals surface area contributed by atoms with Gasteiger partial charge in [-0.2, -0.15) is 0 Å². The zero-order valence-corrected chi connectivity index (χ0v) is 17.9. The molecule has 0 fully saturated rings. The van der Waals surface area contributed by atoms with Crippen LogP contribution < -0.4 is 16.4 Å². The molecule has 1 aromatic carbocycles. The first-order valence-corrected chi connectivity index (χ1v) is 9.56. The van der Waals surface area contributed by atoms with Crippen molar-refractivity contribution < 1.29 is 14.0 Å². The standard InChI is InChI=1S/C19H25FN4O2S.ClH/c1-10(2)16(21)18(26)22-9-15(25)23-11(3)17-12(4)24-19(27-17)13-5-7-14(20)8-6-13;/h5-8,10-11,16H,9,21H2,1-4H3,(H,22,26)(H,23,25);1H/t11?,16-;/m0./s1. The van der Waals surface area contributed by atoms with E-state index in [1.165, 1.54) is 23.5 Å². The Kier molecular flexibility index (Phi) is 9.00. The van der Waals surface area contributed by atoms with Crippen LogP contribution in [0.1, 0.15) is 37.4 Å². The van der Waals surface area contributed by atoms with E-state index in [4.69, 9.17) is 5.73 Å². The molecule has 28 heavy (non-hydrogen) atoms. The highest BCUT2D eigenvalue weighted by atomic mass is 35.5. The molecule has 0 radical (unpaired) electrons. The molecule has 0 aliphatic heterocycles. The fourth-order valence-electron chi connectivity index (χ4n) is 2.47. The summed E-state index contributed by atoms with van der Waals surface area (Å²) in [5, 5.41) is 6.16. The second kappa shape index (κ2) is 10.5. The molecule has 2 aromatic rings. The summed E-state index contributed by atoms with van der Waals surface area (Å²) in [5.41, 5.74) is 7.38. The SMILES string of the molecule is Cc1nc(-c2ccc(F)cc2)sc1C(C)NC(=O)CNC(=O)[C@@H](N)C(C)C.Cl. The summed E-state index contributed by atoms with van der Waals surface area (Å²) < 4.78 is 13.1. The number of nitrogens with two attached hydrogens (primary N) is 1. The van der Waals surface area contributed by atoms with Crippen LogP contribution >= 0.6 is 23.7 Å². The molecule has 1 heterocycles. The Morgan fingerprint density at radius 3 is 2.39 bits per heavy atom. The first-order valence-electron chi connectivity index (χ1n) is 8.75. The van der Waals surface area contributed by atoms with Crippen LogP contribution in [0.2, 0.25) is 0 Å². The van der Waals surface area contributed by atoms with E-state index in [9.17, 15) is 14.0 Å². The Bertz CT molecular complexity index is 811. The van der Waals surface area contributed by atoms with E-state index >= 15 is 0 Å². The predicted molar refractivity (Wildman–Crippen MR) is 112 cm³/mol. The van der Waals surface area contributed by atoms with Crippen LogP contribution in [0.4, 0.5) is 4.39 Å². The summed E-state index contributed by atoms with van der Waals surface area (Å²) in [4.78, 5) is 29.4. The first-order chi connectivity index (χ1) is 12.7. The zero-order valence-electron chi connectivity index (χ0n) is 16.3. The van der Waals surface area contributed by atoms with Gasteiger partial charge in [0, 0.05) is 5.56 Å². The lowest BCUT2D eigenvalue weighted by molar-refractivity contribution is -0.127. The lowest BCUT2D eigenvalue weighted by Crippen LogP contribution is -2.47. The van der Waals surface area contributed by atoms with E-state index in [1.807, 2.05) is 27.7 Å². The van der Waals surface area contributed by atoms with Crippen LogP contribution in [0.15, 0.2) is 24.3 Å². The van der Waals surface area contributed by atoms with Gasteiger partial charge in [0.25, 0.3) is 0 Å². The fraction of sp³-hybridized carbons (Fsp3) is 0.421. The van der Waals surface area contributed by atoms with Crippen LogP contribution in [0.25, 0.3) is 10.6 Å². The van der Waals surface area contributed by atoms with Gasteiger partial charge in [-0.05, 0) is 44.0 Å². The Hall–Kier alpha value is -2.03. The summed E-state index contributed by atoms with van der Waals surface area (Å²) in [6.07, 6.45) is 0. The van der Waals surface area contributed by atoms with Crippen molar-refractivity contribution in [1.82, 2.24) is 15.6 Å². The predicted octanol–water partition coefficient (Wildman–Crippen LogP) is 2.96. The number of nitrogens with one attached hydrogen (secondary N) is 2. The van der Waals surface area contributed by atoms with E-state index in [1.54, 1.807) is 12.1 Å². The maximum atomic E-state index is 13.1. The van der Waals surface area contributed by atoms with Crippen molar-refractivity contribution in [2.45, 2.75) is 39.8 Å². The van der Waals surface area contributed by atoms with Crippen molar-refractivity contribution in [1.29, 1.82) is 0 Å². The van der Waals surface area contributed by atoms with Gasteiger partial charge in [0.2, 0.25) is 11.8 Å². The summed E-state index contributed by atoms with van der Waals surface area (Å²) in [6.45, 7) is 7.28. The highest BCUT2D eigenvalue weighted by Gasteiger charge is 2.20. The molecule has 9 heteroatoms. The van der Waals surface area contributed by atoms with Crippen LogP contribution in [-0.4, -0.2) is 29.4 Å². The van der Waals surface area contributed by atoms with Gasteiger partial charge in [0.1, 0.15) is 10.8 Å². The van der Waals surface area contributed by atoms with Gasteiger partial charge in [-0.3, -0.25) is 9.59 Å². The minimum Gasteiger partial charge on any atom is -0.347 e. The molecule has 0 spiro atoms. The number of benzene rings is 1. The molecule has 0 bridgehead atoms. The van der Waals surface area contributed by atoms with Crippen molar-refractivity contribution in [3.05, 3.63) is 40.7 Å². The van der Waals surface area contributed by atoms with E-state index in [2.05, 4.69) is 15.6 Å². The number of hydrogen-bond acceptors (Lipinski definition) is 5. The van der Waals surface area contributed by atoms with E-state index in [-0.39, 0.29) is 48.5 Å². The molecule has 1 aromatic heterocycles. The Morgan fingerprint density at radius 1 is 1.21 bits per heavy atom. The topological polar surface area (TPSA) is 97.1 Å². The molecule has 6 nitrogen and oxygen atoms in total. The summed E-state index contributed by atoms with van der Waals surface area (Å²) in [6, 6.07) is 5.22. The van der Waals surface area contributed by atoms with Crippen molar-refractivity contribution in [3.8, 4) is 10.6 Å². The van der Waals surface area contributed by atoms with Crippen LogP contribution in [0.3, 0.4) is 0 Å². The average molecular weight is 429 g/mol. The third-order valence-electron chi connectivity index (χ3n) is 4.14. The van der Waals surface area contributed by atoms with Crippen molar-refractivity contribution >= 4 is 35.6 Å². The van der Waals surface area contributed by atoms with Crippen molar-refractivity contribution in [2.75, 3.05) is 6.54 Å². The molecule has 2 atom stereocenters.